The van der Waals surface area contributed by atoms with Gasteiger partial charge in [-0.2, -0.15) is 13.2 Å². The third-order valence-electron chi connectivity index (χ3n) is 6.50. The number of piperazine rings is 1. The molecule has 0 unspecified atom stereocenters. The summed E-state index contributed by atoms with van der Waals surface area (Å²) in [7, 11) is 0. The van der Waals surface area contributed by atoms with Crippen LogP contribution >= 0.6 is 0 Å². The van der Waals surface area contributed by atoms with Crippen LogP contribution in [0, 0.1) is 5.92 Å². The summed E-state index contributed by atoms with van der Waals surface area (Å²) in [6, 6.07) is 4.01. The molecule has 1 saturated heterocycles. The van der Waals surface area contributed by atoms with Gasteiger partial charge in [-0.25, -0.2) is 4.79 Å². The Labute approximate surface area is 196 Å². The second kappa shape index (κ2) is 9.81. The van der Waals surface area contributed by atoms with E-state index < -0.39 is 18.8 Å². The molecule has 11 heteroatoms. The van der Waals surface area contributed by atoms with Crippen LogP contribution in [0.3, 0.4) is 0 Å². The van der Waals surface area contributed by atoms with Crippen molar-refractivity contribution in [3.8, 4) is 0 Å². The number of hydrogen-bond donors (Lipinski definition) is 2. The summed E-state index contributed by atoms with van der Waals surface area (Å²) in [5, 5.41) is 5.68. The molecule has 1 aliphatic carbocycles. The number of carbonyl (C=O) groups is 3. The number of nitrogens with zero attached hydrogens (tertiary/aromatic N) is 3. The number of anilines is 2. The Kier molecular flexibility index (Phi) is 7.01. The van der Waals surface area contributed by atoms with E-state index in [9.17, 15) is 27.6 Å². The molecule has 0 bridgehead atoms. The van der Waals surface area contributed by atoms with Crippen molar-refractivity contribution >= 4 is 29.2 Å². The smallest absolute Gasteiger partial charge is 0.352 e. The highest BCUT2D eigenvalue weighted by Gasteiger charge is 2.36. The van der Waals surface area contributed by atoms with E-state index >= 15 is 0 Å². The number of urea groups is 1. The molecule has 0 radical (unpaired) electrons. The zero-order valence-electron chi connectivity index (χ0n) is 19.2. The van der Waals surface area contributed by atoms with Gasteiger partial charge in [0.2, 0.25) is 5.91 Å². The minimum atomic E-state index is -4.28. The van der Waals surface area contributed by atoms with Gasteiger partial charge in [0.05, 0.1) is 17.9 Å². The van der Waals surface area contributed by atoms with Crippen molar-refractivity contribution in [1.29, 1.82) is 0 Å². The largest absolute Gasteiger partial charge is 0.401 e. The summed E-state index contributed by atoms with van der Waals surface area (Å²) in [4.78, 5) is 42.7. The highest BCUT2D eigenvalue weighted by atomic mass is 19.4. The van der Waals surface area contributed by atoms with Gasteiger partial charge in [-0.05, 0) is 37.5 Å². The summed E-state index contributed by atoms with van der Waals surface area (Å²) < 4.78 is 38.1. The second-order valence-corrected chi connectivity index (χ2v) is 9.35. The molecule has 2 aliphatic heterocycles. The van der Waals surface area contributed by atoms with Gasteiger partial charge < -0.3 is 15.5 Å². The van der Waals surface area contributed by atoms with Crippen LogP contribution in [0.4, 0.5) is 29.3 Å². The van der Waals surface area contributed by atoms with Gasteiger partial charge >= 0.3 is 12.2 Å². The number of fused-ring (bicyclic) bond motifs is 1. The van der Waals surface area contributed by atoms with Crippen LogP contribution in [0.2, 0.25) is 0 Å². The fraction of sp³-hybridized carbons (Fsp3) is 0.609. The third kappa shape index (κ3) is 5.99. The Morgan fingerprint density at radius 1 is 1.15 bits per heavy atom. The highest BCUT2D eigenvalue weighted by molar-refractivity contribution is 6.06. The number of nitrogens with one attached hydrogen (secondary N) is 2. The molecule has 2 heterocycles. The maximum atomic E-state index is 13.4. The summed E-state index contributed by atoms with van der Waals surface area (Å²) >= 11 is 0. The first-order valence-corrected chi connectivity index (χ1v) is 11.7. The summed E-state index contributed by atoms with van der Waals surface area (Å²) in [6.45, 7) is 1.92. The maximum absolute atomic E-state index is 13.4. The number of benzene rings is 1. The molecule has 1 aromatic carbocycles. The van der Waals surface area contributed by atoms with Gasteiger partial charge in [-0.1, -0.05) is 12.8 Å². The van der Waals surface area contributed by atoms with Crippen molar-refractivity contribution in [3.63, 3.8) is 0 Å². The molecule has 3 aliphatic rings. The lowest BCUT2D eigenvalue weighted by Gasteiger charge is -2.39. The van der Waals surface area contributed by atoms with Gasteiger partial charge in [0.15, 0.2) is 0 Å². The lowest BCUT2D eigenvalue weighted by molar-refractivity contribution is -0.148. The van der Waals surface area contributed by atoms with Crippen LogP contribution in [0.15, 0.2) is 18.2 Å². The summed E-state index contributed by atoms with van der Waals surface area (Å²) in [5.74, 6) is 0.182. The zero-order valence-corrected chi connectivity index (χ0v) is 19.2. The molecule has 1 aromatic rings. The molecular weight excluding hydrogens is 451 g/mol. The molecular formula is C23H30F3N5O3. The van der Waals surface area contributed by atoms with Gasteiger partial charge in [0.1, 0.15) is 0 Å². The van der Waals surface area contributed by atoms with Crippen LogP contribution in [0.1, 0.15) is 43.0 Å². The van der Waals surface area contributed by atoms with E-state index in [4.69, 9.17) is 0 Å². The van der Waals surface area contributed by atoms with Gasteiger partial charge in [0.25, 0.3) is 5.91 Å². The predicted molar refractivity (Wildman–Crippen MR) is 121 cm³/mol. The van der Waals surface area contributed by atoms with Crippen molar-refractivity contribution < 1.29 is 27.6 Å². The molecule has 186 valence electrons. The number of carbonyl (C=O) groups excluding carboxylic acids is 3. The van der Waals surface area contributed by atoms with E-state index in [1.165, 1.54) is 27.5 Å². The number of alkyl halides is 3. The molecule has 4 amide bonds. The van der Waals surface area contributed by atoms with E-state index in [0.717, 1.165) is 6.42 Å². The zero-order chi connectivity index (χ0) is 24.5. The van der Waals surface area contributed by atoms with Crippen molar-refractivity contribution in [2.75, 3.05) is 49.5 Å². The van der Waals surface area contributed by atoms with E-state index in [0.29, 0.717) is 29.4 Å². The highest BCUT2D eigenvalue weighted by Crippen LogP contribution is 2.34. The minimum Gasteiger partial charge on any atom is -0.352 e. The monoisotopic (exact) mass is 481 g/mol. The van der Waals surface area contributed by atoms with Crippen LogP contribution < -0.4 is 15.5 Å². The molecule has 34 heavy (non-hydrogen) atoms. The van der Waals surface area contributed by atoms with Crippen molar-refractivity contribution in [2.45, 2.75) is 44.8 Å². The van der Waals surface area contributed by atoms with Crippen molar-refractivity contribution in [2.24, 2.45) is 5.92 Å². The summed E-state index contributed by atoms with van der Waals surface area (Å²) in [5.41, 5.74) is 1.22. The Balaban J connectivity index is 1.47. The predicted octanol–water partition coefficient (Wildman–Crippen LogP) is 3.05. The normalized spacial score (nSPS) is 21.5. The lowest BCUT2D eigenvalue weighted by Crippen LogP contribution is -2.55. The first kappa shape index (κ1) is 24.3. The first-order valence-electron chi connectivity index (χ1n) is 11.7. The van der Waals surface area contributed by atoms with E-state index in [2.05, 4.69) is 10.6 Å². The average molecular weight is 482 g/mol. The van der Waals surface area contributed by atoms with Crippen LogP contribution in [0.25, 0.3) is 0 Å². The molecule has 2 N–H and O–H groups in total. The fourth-order valence-electron chi connectivity index (χ4n) is 4.48. The molecule has 1 saturated carbocycles. The average Bonchev–Trinajstić information content (AvgIpc) is 3.59. The van der Waals surface area contributed by atoms with Crippen LogP contribution in [0.5, 0.6) is 0 Å². The Morgan fingerprint density at radius 2 is 1.85 bits per heavy atom. The standard InChI is InChI=1S/C23H30F3N5O3/c1-15-12-20(32)28-18-13-17(21(33)27-7-6-16-2-3-16)4-5-19(18)31(15)22(34)30-10-8-29(9-11-30)14-23(24,25)26/h4-5,13,15-16H,2-3,6-12,14H2,1H3,(H,27,33)(H,28,32)/t15-/m0/s1. The number of hydrogen-bond acceptors (Lipinski definition) is 4. The maximum Gasteiger partial charge on any atom is 0.401 e. The number of amides is 4. The van der Waals surface area contributed by atoms with E-state index in [1.807, 2.05) is 0 Å². The molecule has 2 fully saturated rings. The SMILES string of the molecule is C[C@H]1CC(=O)Nc2cc(C(=O)NCCC3CC3)ccc2N1C(=O)N1CCN(CC(F)(F)F)CC1. The van der Waals surface area contributed by atoms with Crippen molar-refractivity contribution in [3.05, 3.63) is 23.8 Å². The Morgan fingerprint density at radius 3 is 2.50 bits per heavy atom. The Hall–Kier alpha value is -2.82. The molecule has 1 atom stereocenters. The van der Waals surface area contributed by atoms with Crippen LogP contribution in [-0.2, 0) is 4.79 Å². The summed E-state index contributed by atoms with van der Waals surface area (Å²) in [6.07, 6.45) is -0.848. The molecule has 8 nitrogen and oxygen atoms in total. The van der Waals surface area contributed by atoms with E-state index in [1.54, 1.807) is 25.1 Å². The minimum absolute atomic E-state index is 0.0668. The fourth-order valence-corrected chi connectivity index (χ4v) is 4.48. The van der Waals surface area contributed by atoms with Gasteiger partial charge in [-0.3, -0.25) is 19.4 Å². The van der Waals surface area contributed by atoms with Crippen LogP contribution in [-0.4, -0.2) is 79.1 Å². The number of halogens is 3. The molecule has 0 spiro atoms. The third-order valence-corrected chi connectivity index (χ3v) is 6.50. The van der Waals surface area contributed by atoms with E-state index in [-0.39, 0.29) is 50.4 Å². The second-order valence-electron chi connectivity index (χ2n) is 9.35. The quantitative estimate of drug-likeness (QED) is 0.677. The molecule has 4 rings (SSSR count). The topological polar surface area (TPSA) is 85.0 Å². The number of rotatable bonds is 5. The van der Waals surface area contributed by atoms with Gasteiger partial charge in [-0.15, -0.1) is 0 Å². The lowest BCUT2D eigenvalue weighted by atomic mass is 10.1. The molecule has 0 aromatic heterocycles. The first-order chi connectivity index (χ1) is 16.1. The van der Waals surface area contributed by atoms with Crippen molar-refractivity contribution in [1.82, 2.24) is 15.1 Å². The van der Waals surface area contributed by atoms with Gasteiger partial charge in [0, 0.05) is 50.7 Å². The Bertz CT molecular complexity index is 942.